The number of carbonyl (C=O) groups is 2. The van der Waals surface area contributed by atoms with Crippen LogP contribution in [0.1, 0.15) is 63.4 Å². The van der Waals surface area contributed by atoms with Crippen LogP contribution in [0.25, 0.3) is 11.1 Å². The molecule has 4 nitrogen and oxygen atoms in total. The molecule has 4 heteroatoms. The van der Waals surface area contributed by atoms with Crippen molar-refractivity contribution in [2.24, 2.45) is 0 Å². The number of rotatable bonds is 4. The molecule has 2 aromatic carbocycles. The first kappa shape index (κ1) is 20.7. The predicted octanol–water partition coefficient (Wildman–Crippen LogP) is 5.81. The lowest BCUT2D eigenvalue weighted by molar-refractivity contribution is -0.144. The third kappa shape index (κ3) is 3.90. The first-order valence-corrected chi connectivity index (χ1v) is 11.7. The second kappa shape index (κ2) is 8.78. The Bertz CT molecular complexity index is 1090. The topological polar surface area (TPSA) is 55.4 Å². The van der Waals surface area contributed by atoms with Crippen LogP contribution in [0.4, 0.5) is 0 Å². The van der Waals surface area contributed by atoms with Crippen LogP contribution in [-0.4, -0.2) is 17.9 Å². The Balaban J connectivity index is 1.54. The van der Waals surface area contributed by atoms with E-state index in [1.54, 1.807) is 0 Å². The van der Waals surface area contributed by atoms with E-state index in [9.17, 15) is 9.59 Å². The van der Waals surface area contributed by atoms with E-state index in [-0.39, 0.29) is 23.8 Å². The van der Waals surface area contributed by atoms with Crippen LogP contribution in [-0.2, 0) is 14.3 Å². The summed E-state index contributed by atoms with van der Waals surface area (Å²) in [5.41, 5.74) is 6.32. The minimum Gasteiger partial charge on any atom is -0.459 e. The number of Topliss-reactive ketones (excluding diaryl/α,β-unsaturated/α-hetero) is 1. The van der Waals surface area contributed by atoms with Crippen molar-refractivity contribution in [3.05, 3.63) is 82.7 Å². The molecule has 0 aromatic heterocycles. The van der Waals surface area contributed by atoms with E-state index in [0.717, 1.165) is 72.2 Å². The number of carbonyl (C=O) groups excluding carboxylic acids is 2. The molecule has 0 saturated heterocycles. The maximum atomic E-state index is 13.4. The normalized spacial score (nSPS) is 21.4. The third-order valence-electron chi connectivity index (χ3n) is 6.92. The van der Waals surface area contributed by atoms with Crippen molar-refractivity contribution in [3.8, 4) is 11.1 Å². The van der Waals surface area contributed by atoms with Gasteiger partial charge < -0.3 is 10.1 Å². The summed E-state index contributed by atoms with van der Waals surface area (Å²) in [6, 6.07) is 18.5. The average molecular weight is 428 g/mol. The Kier molecular flexibility index (Phi) is 5.69. The molecule has 1 atom stereocenters. The predicted molar refractivity (Wildman–Crippen MR) is 125 cm³/mol. The minimum absolute atomic E-state index is 0.0126. The molecular weight excluding hydrogens is 398 g/mol. The largest absolute Gasteiger partial charge is 0.459 e. The molecule has 0 spiro atoms. The number of nitrogens with one attached hydrogen (secondary N) is 1. The number of hydrogen-bond donors (Lipinski definition) is 1. The van der Waals surface area contributed by atoms with Crippen molar-refractivity contribution in [2.75, 3.05) is 0 Å². The summed E-state index contributed by atoms with van der Waals surface area (Å²) in [6.07, 6.45) is 6.26. The highest BCUT2D eigenvalue weighted by atomic mass is 16.5. The van der Waals surface area contributed by atoms with Gasteiger partial charge in [-0.05, 0) is 62.1 Å². The number of ketones is 1. The molecule has 1 aliphatic heterocycles. The zero-order valence-corrected chi connectivity index (χ0v) is 18.5. The molecule has 0 radical (unpaired) electrons. The molecule has 164 valence electrons. The van der Waals surface area contributed by atoms with E-state index in [4.69, 9.17) is 4.74 Å². The van der Waals surface area contributed by atoms with Gasteiger partial charge in [-0.25, -0.2) is 4.79 Å². The first-order valence-electron chi connectivity index (χ1n) is 11.7. The molecule has 2 aliphatic carbocycles. The van der Waals surface area contributed by atoms with Gasteiger partial charge in [0.05, 0.1) is 5.57 Å². The van der Waals surface area contributed by atoms with Gasteiger partial charge in [-0.3, -0.25) is 4.79 Å². The van der Waals surface area contributed by atoms with Crippen LogP contribution in [0.3, 0.4) is 0 Å². The maximum Gasteiger partial charge on any atom is 0.337 e. The smallest absolute Gasteiger partial charge is 0.337 e. The van der Waals surface area contributed by atoms with E-state index in [0.29, 0.717) is 12.0 Å². The summed E-state index contributed by atoms with van der Waals surface area (Å²) in [4.78, 5) is 26.4. The molecule has 32 heavy (non-hydrogen) atoms. The molecule has 2 aromatic rings. The fraction of sp³-hybridized carbons (Fsp3) is 0.357. The number of allylic oxidation sites excluding steroid dienone is 3. The molecule has 3 aliphatic rings. The van der Waals surface area contributed by atoms with Gasteiger partial charge in [0.15, 0.2) is 5.78 Å². The van der Waals surface area contributed by atoms with Crippen molar-refractivity contribution < 1.29 is 14.3 Å². The summed E-state index contributed by atoms with van der Waals surface area (Å²) in [5, 5.41) is 3.38. The molecule has 0 bridgehead atoms. The molecule has 1 saturated carbocycles. The molecule has 5 rings (SSSR count). The summed E-state index contributed by atoms with van der Waals surface area (Å²) < 4.78 is 5.91. The van der Waals surface area contributed by atoms with Crippen molar-refractivity contribution in [3.63, 3.8) is 0 Å². The fourth-order valence-corrected chi connectivity index (χ4v) is 5.31. The van der Waals surface area contributed by atoms with Crippen LogP contribution < -0.4 is 5.32 Å². The van der Waals surface area contributed by atoms with Crippen LogP contribution in [0.2, 0.25) is 0 Å². The number of hydrogen-bond acceptors (Lipinski definition) is 4. The van der Waals surface area contributed by atoms with Crippen LogP contribution in [0, 0.1) is 0 Å². The Morgan fingerprint density at radius 3 is 2.31 bits per heavy atom. The highest BCUT2D eigenvalue weighted by Gasteiger charge is 2.39. The van der Waals surface area contributed by atoms with Crippen LogP contribution in [0.15, 0.2) is 77.1 Å². The standard InChI is InChI=1S/C28H29NO3/c1-18-25(28(31)32-22-10-5-6-11-22)26(27-23(29-18)12-7-13-24(27)30)21-16-14-20(15-17-21)19-8-3-2-4-9-19/h2-4,8-9,14-17,22,26,29H,5-7,10-13H2,1H3/t26-/m0/s1. The summed E-state index contributed by atoms with van der Waals surface area (Å²) >= 11 is 0. The summed E-state index contributed by atoms with van der Waals surface area (Å²) in [6.45, 7) is 1.93. The van der Waals surface area contributed by atoms with Crippen molar-refractivity contribution in [2.45, 2.75) is 63.9 Å². The van der Waals surface area contributed by atoms with Crippen molar-refractivity contribution in [1.29, 1.82) is 0 Å². The van der Waals surface area contributed by atoms with Gasteiger partial charge in [0.2, 0.25) is 0 Å². The molecule has 0 unspecified atom stereocenters. The zero-order valence-electron chi connectivity index (χ0n) is 18.5. The monoisotopic (exact) mass is 427 g/mol. The lowest BCUT2D eigenvalue weighted by Crippen LogP contribution is -2.35. The second-order valence-electron chi connectivity index (χ2n) is 9.07. The van der Waals surface area contributed by atoms with Gasteiger partial charge in [0.25, 0.3) is 0 Å². The Morgan fingerprint density at radius 1 is 0.906 bits per heavy atom. The van der Waals surface area contributed by atoms with E-state index in [1.165, 1.54) is 0 Å². The minimum atomic E-state index is -0.377. The number of benzene rings is 2. The van der Waals surface area contributed by atoms with Gasteiger partial charge in [-0.1, -0.05) is 54.6 Å². The number of ether oxygens (including phenoxy) is 1. The van der Waals surface area contributed by atoms with Gasteiger partial charge in [0, 0.05) is 29.3 Å². The van der Waals surface area contributed by atoms with E-state index in [2.05, 4.69) is 41.7 Å². The average Bonchev–Trinajstić information content (AvgIpc) is 3.32. The van der Waals surface area contributed by atoms with Crippen LogP contribution in [0.5, 0.6) is 0 Å². The van der Waals surface area contributed by atoms with Gasteiger partial charge in [-0.15, -0.1) is 0 Å². The fourth-order valence-electron chi connectivity index (χ4n) is 5.31. The van der Waals surface area contributed by atoms with Crippen molar-refractivity contribution in [1.82, 2.24) is 5.32 Å². The highest BCUT2D eigenvalue weighted by Crippen LogP contribution is 2.43. The second-order valence-corrected chi connectivity index (χ2v) is 9.07. The SMILES string of the molecule is CC1=C(C(=O)OC2CCCC2)[C@H](c2ccc(-c3ccccc3)cc2)C2=C(CCCC2=O)N1. The van der Waals surface area contributed by atoms with Gasteiger partial charge in [-0.2, -0.15) is 0 Å². The van der Waals surface area contributed by atoms with E-state index in [1.807, 2.05) is 25.1 Å². The molecule has 1 N–H and O–H groups in total. The Morgan fingerprint density at radius 2 is 1.59 bits per heavy atom. The Labute approximate surface area is 189 Å². The summed E-state index contributed by atoms with van der Waals surface area (Å²) in [7, 11) is 0. The molecule has 1 fully saturated rings. The third-order valence-corrected chi connectivity index (χ3v) is 6.92. The lowest BCUT2D eigenvalue weighted by Gasteiger charge is -2.34. The van der Waals surface area contributed by atoms with E-state index < -0.39 is 0 Å². The number of dihydropyridines is 1. The maximum absolute atomic E-state index is 13.4. The number of esters is 1. The molecule has 0 amide bonds. The zero-order chi connectivity index (χ0) is 22.1. The Hall–Kier alpha value is -3.14. The lowest BCUT2D eigenvalue weighted by atomic mass is 9.75. The highest BCUT2D eigenvalue weighted by molar-refractivity contribution is 6.03. The van der Waals surface area contributed by atoms with Crippen LogP contribution >= 0.6 is 0 Å². The van der Waals surface area contributed by atoms with Gasteiger partial charge >= 0.3 is 5.97 Å². The van der Waals surface area contributed by atoms with Crippen molar-refractivity contribution >= 4 is 11.8 Å². The molecule has 1 heterocycles. The molecular formula is C28H29NO3. The van der Waals surface area contributed by atoms with E-state index >= 15 is 0 Å². The summed E-state index contributed by atoms with van der Waals surface area (Å²) in [5.74, 6) is -0.531. The first-order chi connectivity index (χ1) is 15.6. The quantitative estimate of drug-likeness (QED) is 0.626. The van der Waals surface area contributed by atoms with Gasteiger partial charge in [0.1, 0.15) is 6.10 Å².